The van der Waals surface area contributed by atoms with E-state index in [2.05, 4.69) is 10.4 Å². The van der Waals surface area contributed by atoms with E-state index in [4.69, 9.17) is 0 Å². The van der Waals surface area contributed by atoms with Crippen LogP contribution in [0, 0.1) is 0 Å². The SMILES string of the molecule is CN(C)C(=O)CCNCc1cnn(C)c1. The number of rotatable bonds is 5. The summed E-state index contributed by atoms with van der Waals surface area (Å²) in [5, 5.41) is 7.26. The molecule has 0 aliphatic heterocycles. The highest BCUT2D eigenvalue weighted by molar-refractivity contribution is 5.75. The van der Waals surface area contributed by atoms with Crippen molar-refractivity contribution in [3.63, 3.8) is 0 Å². The molecule has 0 saturated carbocycles. The highest BCUT2D eigenvalue weighted by Crippen LogP contribution is 1.95. The lowest BCUT2D eigenvalue weighted by Crippen LogP contribution is -2.26. The van der Waals surface area contributed by atoms with Crippen LogP contribution < -0.4 is 5.32 Å². The Bertz CT molecular complexity index is 319. The van der Waals surface area contributed by atoms with Gasteiger partial charge in [-0.25, -0.2) is 0 Å². The summed E-state index contributed by atoms with van der Waals surface area (Å²) in [5.41, 5.74) is 1.13. The molecular formula is C10H18N4O. The lowest BCUT2D eigenvalue weighted by Gasteiger charge is -2.09. The van der Waals surface area contributed by atoms with Gasteiger partial charge in [-0.2, -0.15) is 5.10 Å². The Balaban J connectivity index is 2.15. The Kier molecular flexibility index (Phi) is 4.30. The second kappa shape index (κ2) is 5.50. The summed E-state index contributed by atoms with van der Waals surface area (Å²) in [7, 11) is 5.42. The summed E-state index contributed by atoms with van der Waals surface area (Å²) in [6.07, 6.45) is 4.31. The van der Waals surface area contributed by atoms with Gasteiger partial charge in [0.2, 0.25) is 5.91 Å². The van der Waals surface area contributed by atoms with Crippen LogP contribution in [-0.2, 0) is 18.4 Å². The summed E-state index contributed by atoms with van der Waals surface area (Å²) in [6.45, 7) is 1.46. The molecule has 84 valence electrons. The minimum Gasteiger partial charge on any atom is -0.349 e. The van der Waals surface area contributed by atoms with Gasteiger partial charge in [-0.1, -0.05) is 0 Å². The molecule has 1 aromatic heterocycles. The Morgan fingerprint density at radius 1 is 1.60 bits per heavy atom. The van der Waals surface area contributed by atoms with Crippen LogP contribution in [0.5, 0.6) is 0 Å². The molecule has 0 aliphatic carbocycles. The highest BCUT2D eigenvalue weighted by atomic mass is 16.2. The maximum atomic E-state index is 11.2. The number of carbonyl (C=O) groups is 1. The molecule has 0 bridgehead atoms. The van der Waals surface area contributed by atoms with Gasteiger partial charge in [-0.3, -0.25) is 9.48 Å². The van der Waals surface area contributed by atoms with Crippen LogP contribution in [0.3, 0.4) is 0 Å². The standard InChI is InChI=1S/C10H18N4O/c1-13(2)10(15)4-5-11-6-9-7-12-14(3)8-9/h7-8,11H,4-6H2,1-3H3. The van der Waals surface area contributed by atoms with E-state index in [1.807, 2.05) is 19.4 Å². The average molecular weight is 210 g/mol. The van der Waals surface area contributed by atoms with E-state index in [0.717, 1.165) is 12.1 Å². The molecule has 0 fully saturated rings. The topological polar surface area (TPSA) is 50.2 Å². The number of carbonyl (C=O) groups excluding carboxylic acids is 1. The third-order valence-corrected chi connectivity index (χ3v) is 2.10. The second-order valence-corrected chi connectivity index (χ2v) is 3.74. The number of aryl methyl sites for hydroxylation is 1. The van der Waals surface area contributed by atoms with Gasteiger partial charge in [0.15, 0.2) is 0 Å². The van der Waals surface area contributed by atoms with Crippen molar-refractivity contribution in [1.29, 1.82) is 0 Å². The molecule has 0 aliphatic rings. The van der Waals surface area contributed by atoms with Gasteiger partial charge < -0.3 is 10.2 Å². The molecule has 1 amide bonds. The molecule has 1 rings (SSSR count). The number of nitrogens with zero attached hydrogens (tertiary/aromatic N) is 3. The van der Waals surface area contributed by atoms with Gasteiger partial charge in [0.1, 0.15) is 0 Å². The second-order valence-electron chi connectivity index (χ2n) is 3.74. The molecule has 1 N–H and O–H groups in total. The smallest absolute Gasteiger partial charge is 0.223 e. The predicted molar refractivity (Wildman–Crippen MR) is 58.2 cm³/mol. The first kappa shape index (κ1) is 11.7. The summed E-state index contributed by atoms with van der Waals surface area (Å²) in [6, 6.07) is 0. The van der Waals surface area contributed by atoms with Gasteiger partial charge in [0, 0.05) is 52.4 Å². The molecule has 5 nitrogen and oxygen atoms in total. The van der Waals surface area contributed by atoms with E-state index in [1.165, 1.54) is 0 Å². The van der Waals surface area contributed by atoms with E-state index in [1.54, 1.807) is 23.7 Å². The van der Waals surface area contributed by atoms with E-state index in [9.17, 15) is 4.79 Å². The van der Waals surface area contributed by atoms with Crippen molar-refractivity contribution in [2.24, 2.45) is 7.05 Å². The largest absolute Gasteiger partial charge is 0.349 e. The Morgan fingerprint density at radius 2 is 2.33 bits per heavy atom. The summed E-state index contributed by atoms with van der Waals surface area (Å²) in [4.78, 5) is 12.8. The maximum absolute atomic E-state index is 11.2. The normalized spacial score (nSPS) is 10.3. The van der Waals surface area contributed by atoms with Gasteiger partial charge in [0.25, 0.3) is 0 Å². The third kappa shape index (κ3) is 4.12. The van der Waals surface area contributed by atoms with E-state index < -0.39 is 0 Å². The fourth-order valence-corrected chi connectivity index (χ4v) is 1.21. The molecule has 0 spiro atoms. The van der Waals surface area contributed by atoms with Crippen LogP contribution in [0.1, 0.15) is 12.0 Å². The fraction of sp³-hybridized carbons (Fsp3) is 0.600. The van der Waals surface area contributed by atoms with Gasteiger partial charge in [-0.15, -0.1) is 0 Å². The number of hydrogen-bond donors (Lipinski definition) is 1. The van der Waals surface area contributed by atoms with Gasteiger partial charge in [-0.05, 0) is 0 Å². The third-order valence-electron chi connectivity index (χ3n) is 2.10. The monoisotopic (exact) mass is 210 g/mol. The minimum atomic E-state index is 0.147. The first-order valence-corrected chi connectivity index (χ1v) is 4.98. The first-order chi connectivity index (χ1) is 7.09. The van der Waals surface area contributed by atoms with Crippen LogP contribution in [0.15, 0.2) is 12.4 Å². The lowest BCUT2D eigenvalue weighted by atomic mass is 10.3. The van der Waals surface area contributed by atoms with Crippen LogP contribution in [0.4, 0.5) is 0 Å². The zero-order chi connectivity index (χ0) is 11.3. The quantitative estimate of drug-likeness (QED) is 0.695. The van der Waals surface area contributed by atoms with Gasteiger partial charge in [0.05, 0.1) is 6.20 Å². The molecule has 0 aromatic carbocycles. The average Bonchev–Trinajstić information content (AvgIpc) is 2.58. The summed E-state index contributed by atoms with van der Waals surface area (Å²) >= 11 is 0. The number of aromatic nitrogens is 2. The van der Waals surface area contributed by atoms with Crippen molar-refractivity contribution in [1.82, 2.24) is 20.0 Å². The summed E-state index contributed by atoms with van der Waals surface area (Å²) in [5.74, 6) is 0.147. The van der Waals surface area contributed by atoms with E-state index >= 15 is 0 Å². The zero-order valence-corrected chi connectivity index (χ0v) is 9.53. The van der Waals surface area contributed by atoms with Crippen LogP contribution in [-0.4, -0.2) is 41.2 Å². The molecule has 0 atom stereocenters. The maximum Gasteiger partial charge on any atom is 0.223 e. The predicted octanol–water partition coefficient (Wildman–Crippen LogP) is -0.0120. The Hall–Kier alpha value is -1.36. The molecule has 0 radical (unpaired) electrons. The van der Waals surface area contributed by atoms with Crippen molar-refractivity contribution in [3.8, 4) is 0 Å². The molecule has 1 aromatic rings. The molecule has 0 unspecified atom stereocenters. The Labute approximate surface area is 90.1 Å². The van der Waals surface area contributed by atoms with E-state index in [-0.39, 0.29) is 5.91 Å². The molecular weight excluding hydrogens is 192 g/mol. The van der Waals surface area contributed by atoms with Crippen molar-refractivity contribution in [2.45, 2.75) is 13.0 Å². The van der Waals surface area contributed by atoms with Crippen LogP contribution in [0.25, 0.3) is 0 Å². The number of nitrogens with one attached hydrogen (secondary N) is 1. The van der Waals surface area contributed by atoms with Crippen LogP contribution in [0.2, 0.25) is 0 Å². The van der Waals surface area contributed by atoms with E-state index in [0.29, 0.717) is 13.0 Å². The highest BCUT2D eigenvalue weighted by Gasteiger charge is 2.02. The molecule has 5 heteroatoms. The van der Waals surface area contributed by atoms with Crippen molar-refractivity contribution in [2.75, 3.05) is 20.6 Å². The summed E-state index contributed by atoms with van der Waals surface area (Å²) < 4.78 is 1.77. The zero-order valence-electron chi connectivity index (χ0n) is 9.53. The molecule has 0 saturated heterocycles. The van der Waals surface area contributed by atoms with Gasteiger partial charge >= 0.3 is 0 Å². The molecule has 15 heavy (non-hydrogen) atoms. The first-order valence-electron chi connectivity index (χ1n) is 4.98. The number of amides is 1. The van der Waals surface area contributed by atoms with Crippen molar-refractivity contribution >= 4 is 5.91 Å². The van der Waals surface area contributed by atoms with Crippen LogP contribution >= 0.6 is 0 Å². The minimum absolute atomic E-state index is 0.147. The van der Waals surface area contributed by atoms with Crippen molar-refractivity contribution in [3.05, 3.63) is 18.0 Å². The van der Waals surface area contributed by atoms with Crippen molar-refractivity contribution < 1.29 is 4.79 Å². The Morgan fingerprint density at radius 3 is 2.87 bits per heavy atom. The number of hydrogen-bond acceptors (Lipinski definition) is 3. The molecule has 1 heterocycles. The lowest BCUT2D eigenvalue weighted by molar-refractivity contribution is -0.128. The fourth-order valence-electron chi connectivity index (χ4n) is 1.21.